The Balaban J connectivity index is 1.39. The number of aliphatic carboxylic acids is 1. The predicted octanol–water partition coefficient (Wildman–Crippen LogP) is 4.14. The molecule has 33 heavy (non-hydrogen) atoms. The number of fused-ring (bicyclic) bond motifs is 2. The first-order chi connectivity index (χ1) is 15.6. The number of carbonyl (C=O) groups is 1. The Bertz CT molecular complexity index is 1100. The molecule has 1 fully saturated rings. The summed E-state index contributed by atoms with van der Waals surface area (Å²) in [6, 6.07) is 8.63. The average molecular weight is 454 g/mol. The van der Waals surface area contributed by atoms with Gasteiger partial charge in [0.2, 0.25) is 0 Å². The van der Waals surface area contributed by atoms with Crippen molar-refractivity contribution in [2.24, 2.45) is 0 Å². The van der Waals surface area contributed by atoms with Gasteiger partial charge in [0.1, 0.15) is 23.4 Å². The lowest BCUT2D eigenvalue weighted by molar-refractivity contribution is -0.137. The van der Waals surface area contributed by atoms with E-state index in [9.17, 15) is 9.18 Å². The van der Waals surface area contributed by atoms with E-state index >= 15 is 0 Å². The summed E-state index contributed by atoms with van der Waals surface area (Å²) in [7, 11) is -0.553. The standard InChI is InChI=1S/C25H28BFO6/c1-24(2)25(3,4)33-26(32-24)18-8-9-19(27)23-17(18)7-10-20(23)31-15-5-6-16-14(11-22(28)29)13-30-21(16)12-15/h5-6,8-9,12,14,20H,7,10-11,13H2,1-4H3,(H,28,29)/t14-,20-/m1/s1. The summed E-state index contributed by atoms with van der Waals surface area (Å²) in [5.41, 5.74) is 2.20. The normalized spacial score (nSPS) is 24.3. The fourth-order valence-corrected chi connectivity index (χ4v) is 4.88. The molecule has 1 aliphatic carbocycles. The molecule has 6 nitrogen and oxygen atoms in total. The maximum atomic E-state index is 15.0. The molecule has 3 aliphatic rings. The van der Waals surface area contributed by atoms with Gasteiger partial charge in [-0.15, -0.1) is 0 Å². The van der Waals surface area contributed by atoms with Crippen molar-refractivity contribution in [1.82, 2.24) is 0 Å². The lowest BCUT2D eigenvalue weighted by Gasteiger charge is -2.32. The first-order valence-electron chi connectivity index (χ1n) is 11.4. The largest absolute Gasteiger partial charge is 0.495 e. The summed E-state index contributed by atoms with van der Waals surface area (Å²) in [4.78, 5) is 11.1. The van der Waals surface area contributed by atoms with Crippen LogP contribution in [-0.4, -0.2) is 36.0 Å². The highest BCUT2D eigenvalue weighted by atomic mass is 19.1. The molecule has 0 saturated carbocycles. The molecular formula is C25H28BFO6. The predicted molar refractivity (Wildman–Crippen MR) is 121 cm³/mol. The highest BCUT2D eigenvalue weighted by Crippen LogP contribution is 2.42. The molecule has 8 heteroatoms. The van der Waals surface area contributed by atoms with Gasteiger partial charge in [-0.05, 0) is 63.7 Å². The first kappa shape index (κ1) is 22.2. The topological polar surface area (TPSA) is 74.2 Å². The van der Waals surface area contributed by atoms with E-state index in [1.165, 1.54) is 6.07 Å². The molecule has 2 aromatic carbocycles. The summed E-state index contributed by atoms with van der Waals surface area (Å²) in [6.07, 6.45) is 0.897. The Labute approximate surface area is 193 Å². The quantitative estimate of drug-likeness (QED) is 0.685. The van der Waals surface area contributed by atoms with Gasteiger partial charge in [0, 0.05) is 23.1 Å². The van der Waals surface area contributed by atoms with E-state index in [2.05, 4.69) is 0 Å². The van der Waals surface area contributed by atoms with E-state index in [4.69, 9.17) is 23.9 Å². The van der Waals surface area contributed by atoms with Gasteiger partial charge in [0.05, 0.1) is 24.2 Å². The Hall–Kier alpha value is -2.58. The summed E-state index contributed by atoms with van der Waals surface area (Å²) >= 11 is 0. The second-order valence-corrected chi connectivity index (χ2v) is 10.1. The van der Waals surface area contributed by atoms with Crippen LogP contribution in [0.5, 0.6) is 11.5 Å². The van der Waals surface area contributed by atoms with Crippen LogP contribution in [0.4, 0.5) is 4.39 Å². The van der Waals surface area contributed by atoms with Gasteiger partial charge < -0.3 is 23.9 Å². The van der Waals surface area contributed by atoms with E-state index in [-0.39, 0.29) is 18.2 Å². The molecule has 2 heterocycles. The number of halogens is 1. The third kappa shape index (κ3) is 3.79. The average Bonchev–Trinajstić information content (AvgIpc) is 3.37. The van der Waals surface area contributed by atoms with Gasteiger partial charge in [-0.2, -0.15) is 0 Å². The molecule has 2 aromatic rings. The molecule has 0 bridgehead atoms. The van der Waals surface area contributed by atoms with Crippen molar-refractivity contribution in [3.8, 4) is 11.5 Å². The minimum Gasteiger partial charge on any atom is -0.492 e. The van der Waals surface area contributed by atoms with Gasteiger partial charge in [-0.25, -0.2) is 4.39 Å². The van der Waals surface area contributed by atoms with E-state index in [0.29, 0.717) is 36.5 Å². The number of rotatable bonds is 5. The smallest absolute Gasteiger partial charge is 0.492 e. The third-order valence-corrected chi connectivity index (χ3v) is 7.39. The van der Waals surface area contributed by atoms with Crippen LogP contribution in [0.3, 0.4) is 0 Å². The molecule has 2 aliphatic heterocycles. The molecule has 2 atom stereocenters. The Morgan fingerprint density at radius 3 is 2.61 bits per heavy atom. The van der Waals surface area contributed by atoms with Crippen LogP contribution < -0.4 is 14.9 Å². The molecule has 0 unspecified atom stereocenters. The summed E-state index contributed by atoms with van der Waals surface area (Å²) < 4.78 is 39.3. The van der Waals surface area contributed by atoms with Gasteiger partial charge in [0.25, 0.3) is 0 Å². The van der Waals surface area contributed by atoms with Crippen molar-refractivity contribution in [3.63, 3.8) is 0 Å². The lowest BCUT2D eigenvalue weighted by atomic mass is 9.75. The Kier molecular flexibility index (Phi) is 5.21. The van der Waals surface area contributed by atoms with Gasteiger partial charge in [0.15, 0.2) is 0 Å². The number of benzene rings is 2. The minimum atomic E-state index is -0.854. The van der Waals surface area contributed by atoms with Gasteiger partial charge >= 0.3 is 13.1 Å². The van der Waals surface area contributed by atoms with Crippen molar-refractivity contribution in [2.45, 2.75) is 70.2 Å². The zero-order valence-electron chi connectivity index (χ0n) is 19.3. The number of carboxylic acid groups (broad SMARTS) is 1. The first-order valence-corrected chi connectivity index (χ1v) is 11.4. The van der Waals surface area contributed by atoms with Gasteiger partial charge in [-0.1, -0.05) is 12.1 Å². The lowest BCUT2D eigenvalue weighted by Crippen LogP contribution is -2.41. The van der Waals surface area contributed by atoms with Crippen LogP contribution in [-0.2, 0) is 20.5 Å². The van der Waals surface area contributed by atoms with Crippen LogP contribution in [0.25, 0.3) is 0 Å². The Morgan fingerprint density at radius 2 is 1.91 bits per heavy atom. The summed E-state index contributed by atoms with van der Waals surface area (Å²) in [6.45, 7) is 8.34. The van der Waals surface area contributed by atoms with E-state index in [1.54, 1.807) is 18.2 Å². The molecule has 0 spiro atoms. The number of ether oxygens (including phenoxy) is 2. The highest BCUT2D eigenvalue weighted by Gasteiger charge is 2.52. The zero-order valence-corrected chi connectivity index (χ0v) is 19.3. The SMILES string of the molecule is CC1(C)OB(c2ccc(F)c3c2CC[C@H]3Oc2ccc3c(c2)OC[C@H]3CC(=O)O)OC1(C)C. The number of hydrogen-bond donors (Lipinski definition) is 1. The molecule has 1 saturated heterocycles. The van der Waals surface area contributed by atoms with Gasteiger partial charge in [-0.3, -0.25) is 4.79 Å². The van der Waals surface area contributed by atoms with Crippen molar-refractivity contribution < 1.29 is 33.1 Å². The zero-order chi connectivity index (χ0) is 23.5. The van der Waals surface area contributed by atoms with Crippen molar-refractivity contribution in [2.75, 3.05) is 6.61 Å². The molecule has 5 rings (SSSR count). The molecule has 0 amide bonds. The molecule has 174 valence electrons. The highest BCUT2D eigenvalue weighted by molar-refractivity contribution is 6.62. The number of carboxylic acids is 1. The fourth-order valence-electron chi connectivity index (χ4n) is 4.88. The maximum absolute atomic E-state index is 15.0. The molecular weight excluding hydrogens is 426 g/mol. The van der Waals surface area contributed by atoms with E-state index in [1.807, 2.05) is 33.8 Å². The molecule has 0 radical (unpaired) electrons. The van der Waals surface area contributed by atoms with Crippen molar-refractivity contribution >= 4 is 18.6 Å². The van der Waals surface area contributed by atoms with E-state index < -0.39 is 30.4 Å². The fraction of sp³-hybridized carbons (Fsp3) is 0.480. The third-order valence-electron chi connectivity index (χ3n) is 7.39. The van der Waals surface area contributed by atoms with Crippen LogP contribution >= 0.6 is 0 Å². The van der Waals surface area contributed by atoms with Crippen LogP contribution in [0.2, 0.25) is 0 Å². The summed E-state index contributed by atoms with van der Waals surface area (Å²) in [5.74, 6) is -0.121. The van der Waals surface area contributed by atoms with Crippen LogP contribution in [0, 0.1) is 5.82 Å². The second-order valence-electron chi connectivity index (χ2n) is 10.1. The minimum absolute atomic E-state index is 0.0239. The van der Waals surface area contributed by atoms with Crippen LogP contribution in [0.15, 0.2) is 30.3 Å². The molecule has 1 N–H and O–H groups in total. The second kappa shape index (κ2) is 7.74. The number of hydrogen-bond acceptors (Lipinski definition) is 5. The van der Waals surface area contributed by atoms with E-state index in [0.717, 1.165) is 16.6 Å². The molecule has 0 aromatic heterocycles. The Morgan fingerprint density at radius 1 is 1.18 bits per heavy atom. The van der Waals surface area contributed by atoms with Crippen LogP contribution in [0.1, 0.15) is 69.2 Å². The van der Waals surface area contributed by atoms with Crippen molar-refractivity contribution in [3.05, 3.63) is 52.8 Å². The monoisotopic (exact) mass is 454 g/mol. The summed E-state index contributed by atoms with van der Waals surface area (Å²) in [5, 5.41) is 9.09. The van der Waals surface area contributed by atoms with Crippen molar-refractivity contribution in [1.29, 1.82) is 0 Å². The maximum Gasteiger partial charge on any atom is 0.495 e.